The fraction of sp³-hybridized carbons (Fsp3) is 0.389. The Morgan fingerprint density at radius 2 is 2.17 bits per heavy atom. The Labute approximate surface area is 139 Å². The lowest BCUT2D eigenvalue weighted by Crippen LogP contribution is -2.46. The van der Waals surface area contributed by atoms with E-state index >= 15 is 0 Å². The van der Waals surface area contributed by atoms with Crippen LogP contribution in [0, 0.1) is 5.82 Å². The summed E-state index contributed by atoms with van der Waals surface area (Å²) in [6, 6.07) is 10.3. The van der Waals surface area contributed by atoms with Crippen molar-refractivity contribution in [1.82, 2.24) is 4.90 Å². The SMILES string of the molecule is CC1CN(C(=O)C(Cc2cccs2)c2ccc(F)cc2)CCO1. The molecule has 1 fully saturated rings. The van der Waals surface area contributed by atoms with Gasteiger partial charge >= 0.3 is 0 Å². The molecular weight excluding hydrogens is 313 g/mol. The maximum Gasteiger partial charge on any atom is 0.230 e. The summed E-state index contributed by atoms with van der Waals surface area (Å²) < 4.78 is 18.7. The molecule has 1 aromatic carbocycles. The number of ether oxygens (including phenoxy) is 1. The van der Waals surface area contributed by atoms with Gasteiger partial charge in [0.1, 0.15) is 5.82 Å². The van der Waals surface area contributed by atoms with E-state index in [1.807, 2.05) is 29.3 Å². The van der Waals surface area contributed by atoms with Crippen molar-refractivity contribution < 1.29 is 13.9 Å². The number of rotatable bonds is 4. The first-order valence-corrected chi connectivity index (χ1v) is 8.69. The number of halogens is 1. The lowest BCUT2D eigenvalue weighted by molar-refractivity contribution is -0.139. The van der Waals surface area contributed by atoms with Gasteiger partial charge in [-0.15, -0.1) is 11.3 Å². The summed E-state index contributed by atoms with van der Waals surface area (Å²) in [7, 11) is 0. The maximum atomic E-state index is 13.2. The van der Waals surface area contributed by atoms with Gasteiger partial charge in [0.05, 0.1) is 18.6 Å². The quantitative estimate of drug-likeness (QED) is 0.857. The van der Waals surface area contributed by atoms with Crippen molar-refractivity contribution in [3.8, 4) is 0 Å². The molecule has 0 saturated carbocycles. The van der Waals surface area contributed by atoms with Crippen molar-refractivity contribution in [1.29, 1.82) is 0 Å². The molecule has 0 N–H and O–H groups in total. The number of carbonyl (C=O) groups is 1. The third-order valence-electron chi connectivity index (χ3n) is 4.11. The van der Waals surface area contributed by atoms with Crippen LogP contribution in [-0.2, 0) is 16.0 Å². The molecule has 2 unspecified atom stereocenters. The summed E-state index contributed by atoms with van der Waals surface area (Å²) in [4.78, 5) is 16.1. The summed E-state index contributed by atoms with van der Waals surface area (Å²) >= 11 is 1.64. The fourth-order valence-electron chi connectivity index (χ4n) is 2.91. The highest BCUT2D eigenvalue weighted by molar-refractivity contribution is 7.09. The van der Waals surface area contributed by atoms with Crippen molar-refractivity contribution in [3.63, 3.8) is 0 Å². The van der Waals surface area contributed by atoms with E-state index in [4.69, 9.17) is 4.74 Å². The first-order valence-electron chi connectivity index (χ1n) is 7.81. The molecule has 5 heteroatoms. The molecule has 2 atom stereocenters. The van der Waals surface area contributed by atoms with E-state index < -0.39 is 0 Å². The van der Waals surface area contributed by atoms with E-state index in [-0.39, 0.29) is 23.7 Å². The smallest absolute Gasteiger partial charge is 0.230 e. The number of hydrogen-bond donors (Lipinski definition) is 0. The van der Waals surface area contributed by atoms with Crippen LogP contribution in [-0.4, -0.2) is 36.6 Å². The number of hydrogen-bond acceptors (Lipinski definition) is 3. The molecule has 0 aliphatic carbocycles. The summed E-state index contributed by atoms with van der Waals surface area (Å²) in [5, 5.41) is 2.01. The Morgan fingerprint density at radius 3 is 2.83 bits per heavy atom. The number of nitrogens with zero attached hydrogens (tertiary/aromatic N) is 1. The monoisotopic (exact) mass is 333 g/mol. The number of amides is 1. The molecule has 0 radical (unpaired) electrons. The van der Waals surface area contributed by atoms with Crippen molar-refractivity contribution in [3.05, 3.63) is 58.0 Å². The van der Waals surface area contributed by atoms with E-state index in [1.165, 1.54) is 12.1 Å². The number of thiophene rings is 1. The van der Waals surface area contributed by atoms with Crippen LogP contribution in [0.1, 0.15) is 23.3 Å². The second-order valence-electron chi connectivity index (χ2n) is 5.85. The van der Waals surface area contributed by atoms with Crippen LogP contribution < -0.4 is 0 Å². The van der Waals surface area contributed by atoms with Crippen molar-refractivity contribution in [2.24, 2.45) is 0 Å². The van der Waals surface area contributed by atoms with Gasteiger partial charge in [-0.1, -0.05) is 18.2 Å². The molecule has 2 aromatic rings. The van der Waals surface area contributed by atoms with Crippen LogP contribution in [0.5, 0.6) is 0 Å². The number of benzene rings is 1. The maximum absolute atomic E-state index is 13.2. The summed E-state index contributed by atoms with van der Waals surface area (Å²) in [5.41, 5.74) is 0.865. The van der Waals surface area contributed by atoms with Crippen LogP contribution in [0.4, 0.5) is 4.39 Å². The normalized spacial score (nSPS) is 19.6. The zero-order valence-electron chi connectivity index (χ0n) is 13.1. The fourth-order valence-corrected chi connectivity index (χ4v) is 3.66. The van der Waals surface area contributed by atoms with E-state index in [0.717, 1.165) is 10.4 Å². The van der Waals surface area contributed by atoms with Gasteiger partial charge in [-0.05, 0) is 42.5 Å². The van der Waals surface area contributed by atoms with Crippen molar-refractivity contribution >= 4 is 17.2 Å². The van der Waals surface area contributed by atoms with Gasteiger partial charge < -0.3 is 9.64 Å². The molecule has 23 heavy (non-hydrogen) atoms. The van der Waals surface area contributed by atoms with Gasteiger partial charge in [-0.3, -0.25) is 4.79 Å². The summed E-state index contributed by atoms with van der Waals surface area (Å²) in [6.07, 6.45) is 0.705. The second-order valence-corrected chi connectivity index (χ2v) is 6.89. The lowest BCUT2D eigenvalue weighted by atomic mass is 9.93. The molecule has 1 amide bonds. The highest BCUT2D eigenvalue weighted by atomic mass is 32.1. The Balaban J connectivity index is 1.84. The molecule has 1 aromatic heterocycles. The van der Waals surface area contributed by atoms with E-state index in [0.29, 0.717) is 26.1 Å². The molecule has 1 saturated heterocycles. The van der Waals surface area contributed by atoms with E-state index in [1.54, 1.807) is 23.5 Å². The zero-order chi connectivity index (χ0) is 16.2. The van der Waals surface area contributed by atoms with Crippen molar-refractivity contribution in [2.45, 2.75) is 25.4 Å². The predicted octanol–water partition coefficient (Wildman–Crippen LogP) is 3.46. The van der Waals surface area contributed by atoms with Gasteiger partial charge in [0.15, 0.2) is 0 Å². The van der Waals surface area contributed by atoms with Gasteiger partial charge in [0.25, 0.3) is 0 Å². The van der Waals surface area contributed by atoms with Crippen LogP contribution in [0.2, 0.25) is 0 Å². The minimum atomic E-state index is -0.281. The molecule has 3 nitrogen and oxygen atoms in total. The predicted molar refractivity (Wildman–Crippen MR) is 89.2 cm³/mol. The lowest BCUT2D eigenvalue weighted by Gasteiger charge is -2.33. The summed E-state index contributed by atoms with van der Waals surface area (Å²) in [5.74, 6) is -0.462. The highest BCUT2D eigenvalue weighted by Gasteiger charge is 2.29. The van der Waals surface area contributed by atoms with E-state index in [9.17, 15) is 9.18 Å². The average Bonchev–Trinajstić information content (AvgIpc) is 3.06. The van der Waals surface area contributed by atoms with Gasteiger partial charge in [-0.25, -0.2) is 4.39 Å². The summed E-state index contributed by atoms with van der Waals surface area (Å²) in [6.45, 7) is 3.78. The largest absolute Gasteiger partial charge is 0.375 e. The zero-order valence-corrected chi connectivity index (χ0v) is 13.9. The van der Waals surface area contributed by atoms with Gasteiger partial charge in [-0.2, -0.15) is 0 Å². The number of carbonyl (C=O) groups excluding carboxylic acids is 1. The molecule has 122 valence electrons. The van der Waals surface area contributed by atoms with Crippen molar-refractivity contribution in [2.75, 3.05) is 19.7 Å². The Kier molecular flexibility index (Phi) is 5.08. The topological polar surface area (TPSA) is 29.5 Å². The van der Waals surface area contributed by atoms with E-state index in [2.05, 4.69) is 0 Å². The molecule has 0 bridgehead atoms. The standard InChI is InChI=1S/C18H20FNO2S/c1-13-12-20(8-9-22-13)18(21)17(11-16-3-2-10-23-16)14-4-6-15(19)7-5-14/h2-7,10,13,17H,8-9,11-12H2,1H3. The Bertz CT molecular complexity index is 642. The average molecular weight is 333 g/mol. The minimum absolute atomic E-state index is 0.0586. The Hall–Kier alpha value is -1.72. The highest BCUT2D eigenvalue weighted by Crippen LogP contribution is 2.26. The minimum Gasteiger partial charge on any atom is -0.375 e. The van der Waals surface area contributed by atoms with Crippen LogP contribution in [0.3, 0.4) is 0 Å². The third-order valence-corrected chi connectivity index (χ3v) is 5.01. The number of morpholine rings is 1. The first kappa shape index (κ1) is 16.1. The van der Waals surface area contributed by atoms with Gasteiger partial charge in [0.2, 0.25) is 5.91 Å². The molecular formula is C18H20FNO2S. The van der Waals surface area contributed by atoms with Gasteiger partial charge in [0, 0.05) is 18.0 Å². The molecule has 3 rings (SSSR count). The van der Waals surface area contributed by atoms with Crippen LogP contribution >= 0.6 is 11.3 Å². The second kappa shape index (κ2) is 7.23. The molecule has 1 aliphatic heterocycles. The molecule has 2 heterocycles. The van der Waals surface area contributed by atoms with Crippen LogP contribution in [0.25, 0.3) is 0 Å². The third kappa shape index (κ3) is 3.98. The molecule has 0 spiro atoms. The Morgan fingerprint density at radius 1 is 1.39 bits per heavy atom. The van der Waals surface area contributed by atoms with Crippen LogP contribution in [0.15, 0.2) is 41.8 Å². The molecule has 1 aliphatic rings. The first-order chi connectivity index (χ1) is 11.1.